The van der Waals surface area contributed by atoms with Crippen molar-refractivity contribution < 1.29 is 13.2 Å². The largest absolute Gasteiger partial charge is 0.354 e. The van der Waals surface area contributed by atoms with Crippen LogP contribution in [0.4, 0.5) is 11.4 Å². The molecule has 2 aromatic rings. The lowest BCUT2D eigenvalue weighted by Gasteiger charge is -2.28. The lowest BCUT2D eigenvalue weighted by atomic mass is 9.89. The van der Waals surface area contributed by atoms with Crippen LogP contribution in [0, 0.1) is 6.92 Å². The summed E-state index contributed by atoms with van der Waals surface area (Å²) in [7, 11) is -3.02. The fourth-order valence-electron chi connectivity index (χ4n) is 5.11. The molecule has 1 aromatic carbocycles. The predicted molar refractivity (Wildman–Crippen MR) is 120 cm³/mol. The number of rotatable bonds is 3. The van der Waals surface area contributed by atoms with E-state index in [1.165, 1.54) is 11.1 Å². The van der Waals surface area contributed by atoms with Crippen LogP contribution in [0.5, 0.6) is 0 Å². The van der Waals surface area contributed by atoms with Crippen molar-refractivity contribution in [2.75, 3.05) is 29.9 Å². The van der Waals surface area contributed by atoms with Gasteiger partial charge in [0, 0.05) is 18.8 Å². The Bertz CT molecular complexity index is 1090. The number of hydrogen-bond acceptors (Lipinski definition) is 5. The molecule has 2 heterocycles. The minimum absolute atomic E-state index is 0. The van der Waals surface area contributed by atoms with Crippen LogP contribution in [0.3, 0.4) is 0 Å². The number of benzene rings is 1. The van der Waals surface area contributed by atoms with Crippen LogP contribution in [0.15, 0.2) is 30.5 Å². The highest BCUT2D eigenvalue weighted by atomic mass is 35.5. The van der Waals surface area contributed by atoms with E-state index in [9.17, 15) is 13.2 Å². The first-order valence-corrected chi connectivity index (χ1v) is 12.1. The lowest BCUT2D eigenvalue weighted by molar-refractivity contribution is 0.0762. The molecule has 2 bridgehead atoms. The number of hydrogen-bond donors (Lipinski definition) is 1. The number of fused-ring (bicyclic) bond motifs is 5. The van der Waals surface area contributed by atoms with Crippen LogP contribution in [0.1, 0.15) is 58.3 Å². The van der Waals surface area contributed by atoms with E-state index in [0.29, 0.717) is 17.5 Å². The average molecular weight is 448 g/mol. The standard InChI is InChI=1S/C22H25N3O3S.ClH/c1-14-3-2-4-17(11-14)24-18-13-23-21(20-16-6-5-15(12-16)19(18)20)22(26)25-7-9-29(27,28)10-8-25;/h2-4,11,13,15-16,24H,5-10,12H2,1H3;1H. The van der Waals surface area contributed by atoms with Gasteiger partial charge in [0.15, 0.2) is 9.84 Å². The SMILES string of the molecule is Cc1cccc(Nc2cnc(C(=O)N3CCS(=O)(=O)CC3)c3c2C2CCC3C2)c1.Cl. The molecule has 160 valence electrons. The van der Waals surface area contributed by atoms with Gasteiger partial charge in [-0.25, -0.2) is 13.4 Å². The second-order valence-corrected chi connectivity index (χ2v) is 10.8. The Hall–Kier alpha value is -2.12. The zero-order valence-electron chi connectivity index (χ0n) is 16.9. The zero-order valence-corrected chi connectivity index (χ0v) is 18.6. The van der Waals surface area contributed by atoms with Gasteiger partial charge >= 0.3 is 0 Å². The average Bonchev–Trinajstić information content (AvgIpc) is 3.30. The molecule has 2 aliphatic carbocycles. The zero-order chi connectivity index (χ0) is 20.2. The van der Waals surface area contributed by atoms with Crippen LogP contribution in [0.25, 0.3) is 0 Å². The van der Waals surface area contributed by atoms with Gasteiger partial charge in [0.05, 0.1) is 23.4 Å². The molecule has 2 fully saturated rings. The van der Waals surface area contributed by atoms with Crippen LogP contribution in [-0.4, -0.2) is 48.8 Å². The highest BCUT2D eigenvalue weighted by Crippen LogP contribution is 2.56. The number of aryl methyl sites for hydroxylation is 1. The van der Waals surface area contributed by atoms with Crippen molar-refractivity contribution in [1.29, 1.82) is 0 Å². The summed E-state index contributed by atoms with van der Waals surface area (Å²) in [5.74, 6) is 0.818. The summed E-state index contributed by atoms with van der Waals surface area (Å²) < 4.78 is 23.5. The third kappa shape index (κ3) is 3.69. The topological polar surface area (TPSA) is 79.4 Å². The Morgan fingerprint density at radius 2 is 1.83 bits per heavy atom. The molecule has 30 heavy (non-hydrogen) atoms. The van der Waals surface area contributed by atoms with Crippen LogP contribution >= 0.6 is 12.4 Å². The highest BCUT2D eigenvalue weighted by molar-refractivity contribution is 7.91. The molecule has 0 spiro atoms. The molecule has 1 aromatic heterocycles. The first kappa shape index (κ1) is 21.1. The van der Waals surface area contributed by atoms with Gasteiger partial charge in [-0.3, -0.25) is 4.79 Å². The van der Waals surface area contributed by atoms with Gasteiger partial charge < -0.3 is 10.2 Å². The number of pyridine rings is 1. The number of nitrogens with zero attached hydrogens (tertiary/aromatic N) is 2. The van der Waals surface area contributed by atoms with Crippen LogP contribution < -0.4 is 5.32 Å². The second kappa shape index (κ2) is 7.85. The van der Waals surface area contributed by atoms with Gasteiger partial charge in [-0.15, -0.1) is 12.4 Å². The van der Waals surface area contributed by atoms with E-state index in [4.69, 9.17) is 0 Å². The third-order valence-electron chi connectivity index (χ3n) is 6.54. The number of anilines is 2. The Morgan fingerprint density at radius 1 is 1.13 bits per heavy atom. The minimum atomic E-state index is -3.02. The molecular formula is C22H26ClN3O3S. The summed E-state index contributed by atoms with van der Waals surface area (Å²) >= 11 is 0. The van der Waals surface area contributed by atoms with E-state index in [1.54, 1.807) is 11.1 Å². The van der Waals surface area contributed by atoms with Gasteiger partial charge in [-0.1, -0.05) is 12.1 Å². The monoisotopic (exact) mass is 447 g/mol. The van der Waals surface area contributed by atoms with E-state index in [1.807, 2.05) is 12.1 Å². The Labute approximate surface area is 183 Å². The molecule has 1 N–H and O–H groups in total. The normalized spacial score (nSPS) is 23.6. The summed E-state index contributed by atoms with van der Waals surface area (Å²) in [6.45, 7) is 2.58. The quantitative estimate of drug-likeness (QED) is 0.774. The van der Waals surface area contributed by atoms with E-state index < -0.39 is 9.84 Å². The minimum Gasteiger partial charge on any atom is -0.354 e. The molecule has 1 aliphatic heterocycles. The first-order chi connectivity index (χ1) is 13.9. The summed E-state index contributed by atoms with van der Waals surface area (Å²) in [5.41, 5.74) is 6.07. The van der Waals surface area contributed by atoms with Gasteiger partial charge in [0.1, 0.15) is 5.69 Å². The van der Waals surface area contributed by atoms with Crippen LogP contribution in [-0.2, 0) is 9.84 Å². The van der Waals surface area contributed by atoms with Crippen molar-refractivity contribution in [2.45, 2.75) is 38.0 Å². The molecule has 3 aliphatic rings. The predicted octanol–water partition coefficient (Wildman–Crippen LogP) is 3.79. The maximum Gasteiger partial charge on any atom is 0.272 e. The molecule has 8 heteroatoms. The van der Waals surface area contributed by atoms with E-state index in [-0.39, 0.29) is 42.9 Å². The van der Waals surface area contributed by atoms with E-state index in [2.05, 4.69) is 29.4 Å². The number of amides is 1. The van der Waals surface area contributed by atoms with Crippen molar-refractivity contribution in [2.24, 2.45) is 0 Å². The summed E-state index contributed by atoms with van der Waals surface area (Å²) in [6, 6.07) is 8.24. The number of carbonyl (C=O) groups is 1. The lowest BCUT2D eigenvalue weighted by Crippen LogP contribution is -2.44. The molecule has 2 unspecified atom stereocenters. The van der Waals surface area contributed by atoms with E-state index >= 15 is 0 Å². The molecule has 5 rings (SSSR count). The van der Waals surface area contributed by atoms with Gasteiger partial charge in [0.2, 0.25) is 0 Å². The van der Waals surface area contributed by atoms with E-state index in [0.717, 1.165) is 36.2 Å². The Kier molecular flexibility index (Phi) is 5.53. The summed E-state index contributed by atoms with van der Waals surface area (Å²) in [6.07, 6.45) is 5.12. The highest BCUT2D eigenvalue weighted by Gasteiger charge is 2.42. The molecule has 1 saturated heterocycles. The van der Waals surface area contributed by atoms with Crippen molar-refractivity contribution >= 4 is 39.5 Å². The third-order valence-corrected chi connectivity index (χ3v) is 8.15. The Morgan fingerprint density at radius 3 is 2.53 bits per heavy atom. The van der Waals surface area contributed by atoms with Gasteiger partial charge in [-0.05, 0) is 66.8 Å². The van der Waals surface area contributed by atoms with Crippen LogP contribution in [0.2, 0.25) is 0 Å². The number of aromatic nitrogens is 1. The smallest absolute Gasteiger partial charge is 0.272 e. The summed E-state index contributed by atoms with van der Waals surface area (Å²) in [5, 5.41) is 3.52. The Balaban J connectivity index is 0.00000218. The fraction of sp³-hybridized carbons (Fsp3) is 0.455. The molecule has 0 radical (unpaired) electrons. The second-order valence-electron chi connectivity index (χ2n) is 8.49. The van der Waals surface area contributed by atoms with Crippen molar-refractivity contribution in [3.05, 3.63) is 52.8 Å². The molecule has 6 nitrogen and oxygen atoms in total. The number of halogens is 1. The summed E-state index contributed by atoms with van der Waals surface area (Å²) in [4.78, 5) is 19.5. The number of nitrogens with one attached hydrogen (secondary N) is 1. The maximum absolute atomic E-state index is 13.2. The molecule has 1 saturated carbocycles. The number of sulfone groups is 1. The number of carbonyl (C=O) groups excluding carboxylic acids is 1. The molecule has 2 atom stereocenters. The van der Waals surface area contributed by atoms with Gasteiger partial charge in [0.25, 0.3) is 5.91 Å². The van der Waals surface area contributed by atoms with Crippen molar-refractivity contribution in [1.82, 2.24) is 9.88 Å². The van der Waals surface area contributed by atoms with Gasteiger partial charge in [-0.2, -0.15) is 0 Å². The van der Waals surface area contributed by atoms with Crippen molar-refractivity contribution in [3.63, 3.8) is 0 Å². The fourth-order valence-corrected chi connectivity index (χ4v) is 6.31. The maximum atomic E-state index is 13.2. The molecular weight excluding hydrogens is 422 g/mol. The van der Waals surface area contributed by atoms with Crippen molar-refractivity contribution in [3.8, 4) is 0 Å². The first-order valence-electron chi connectivity index (χ1n) is 10.3. The molecule has 1 amide bonds.